The second-order valence-corrected chi connectivity index (χ2v) is 7.62. The molecule has 0 aliphatic heterocycles. The van der Waals surface area contributed by atoms with Gasteiger partial charge < -0.3 is 15.2 Å². The van der Waals surface area contributed by atoms with Gasteiger partial charge in [-0.1, -0.05) is 23.2 Å². The molecule has 32 heavy (non-hydrogen) atoms. The maximum Gasteiger partial charge on any atom is 0.573 e. The van der Waals surface area contributed by atoms with E-state index in [-0.39, 0.29) is 23.8 Å². The van der Waals surface area contributed by atoms with Crippen LogP contribution in [0.2, 0.25) is 10.0 Å². The van der Waals surface area contributed by atoms with Crippen molar-refractivity contribution < 1.29 is 27.8 Å². The number of hydrogen-bond acceptors (Lipinski definition) is 5. The summed E-state index contributed by atoms with van der Waals surface area (Å²) < 4.78 is 41.1. The highest BCUT2D eigenvalue weighted by Crippen LogP contribution is 2.29. The predicted molar refractivity (Wildman–Crippen MR) is 114 cm³/mol. The van der Waals surface area contributed by atoms with Crippen LogP contribution in [-0.4, -0.2) is 40.0 Å². The van der Waals surface area contributed by atoms with Gasteiger partial charge in [0.1, 0.15) is 11.4 Å². The van der Waals surface area contributed by atoms with Crippen molar-refractivity contribution in [3.05, 3.63) is 64.3 Å². The Kier molecular flexibility index (Phi) is 7.22. The fourth-order valence-electron chi connectivity index (χ4n) is 2.69. The Bertz CT molecular complexity index is 1110. The Morgan fingerprint density at radius 2 is 1.69 bits per heavy atom. The molecule has 1 atom stereocenters. The smallest absolute Gasteiger partial charge is 0.406 e. The molecule has 1 aromatic heterocycles. The lowest BCUT2D eigenvalue weighted by Crippen LogP contribution is -2.35. The predicted octanol–water partition coefficient (Wildman–Crippen LogP) is 5.13. The molecule has 2 aromatic carbocycles. The van der Waals surface area contributed by atoms with Crippen molar-refractivity contribution in [3.63, 3.8) is 0 Å². The van der Waals surface area contributed by atoms with Gasteiger partial charge in [0.25, 0.3) is 5.91 Å². The van der Waals surface area contributed by atoms with E-state index < -0.39 is 24.1 Å². The summed E-state index contributed by atoms with van der Waals surface area (Å²) in [6, 6.07) is 10.5. The fourth-order valence-corrected chi connectivity index (χ4v) is 3.22. The van der Waals surface area contributed by atoms with E-state index in [1.54, 1.807) is 19.1 Å². The van der Waals surface area contributed by atoms with Gasteiger partial charge in [-0.2, -0.15) is 0 Å². The first-order valence-electron chi connectivity index (χ1n) is 9.17. The maximum atomic E-state index is 12.6. The van der Waals surface area contributed by atoms with Crippen LogP contribution in [0.5, 0.6) is 5.75 Å². The van der Waals surface area contributed by atoms with Gasteiger partial charge in [0.15, 0.2) is 5.82 Å². The Hall–Kier alpha value is -2.88. The SMILES string of the molecule is C[C@@H](CO)NC(=O)c1cc(-c2ccc(OC(F)(F)F)cc2)nc(-c2cc(Cl)cc(Cl)c2)n1. The number of alkyl halides is 3. The molecule has 1 heterocycles. The molecule has 0 radical (unpaired) electrons. The lowest BCUT2D eigenvalue weighted by molar-refractivity contribution is -0.274. The molecule has 3 rings (SSSR count). The number of halogens is 5. The number of rotatable bonds is 6. The van der Waals surface area contributed by atoms with Crippen LogP contribution in [0.3, 0.4) is 0 Å². The van der Waals surface area contributed by atoms with Crippen LogP contribution in [-0.2, 0) is 0 Å². The molecule has 168 valence electrons. The lowest BCUT2D eigenvalue weighted by atomic mass is 10.1. The van der Waals surface area contributed by atoms with E-state index in [2.05, 4.69) is 20.0 Å². The molecule has 2 N–H and O–H groups in total. The minimum atomic E-state index is -4.82. The number of hydrogen-bond donors (Lipinski definition) is 2. The number of aliphatic hydroxyl groups excluding tert-OH is 1. The first-order chi connectivity index (χ1) is 15.0. The van der Waals surface area contributed by atoms with Crippen LogP contribution in [0.4, 0.5) is 13.2 Å². The molecule has 3 aromatic rings. The van der Waals surface area contributed by atoms with Crippen molar-refractivity contribution in [1.29, 1.82) is 0 Å². The minimum absolute atomic E-state index is 0.0167. The van der Waals surface area contributed by atoms with Gasteiger partial charge in [0, 0.05) is 27.2 Å². The summed E-state index contributed by atoms with van der Waals surface area (Å²) in [7, 11) is 0. The lowest BCUT2D eigenvalue weighted by Gasteiger charge is -2.13. The van der Waals surface area contributed by atoms with Gasteiger partial charge in [0.05, 0.1) is 12.3 Å². The second-order valence-electron chi connectivity index (χ2n) is 6.75. The monoisotopic (exact) mass is 485 g/mol. The molecule has 1 amide bonds. The molecule has 0 saturated heterocycles. The van der Waals surface area contributed by atoms with E-state index in [4.69, 9.17) is 23.2 Å². The fraction of sp³-hybridized carbons (Fsp3) is 0.190. The Morgan fingerprint density at radius 3 is 2.25 bits per heavy atom. The number of ether oxygens (including phenoxy) is 1. The van der Waals surface area contributed by atoms with Crippen molar-refractivity contribution >= 4 is 29.1 Å². The first-order valence-corrected chi connectivity index (χ1v) is 9.93. The number of aromatic nitrogens is 2. The number of aliphatic hydroxyl groups is 1. The Labute approximate surface area is 191 Å². The van der Waals surface area contributed by atoms with Crippen molar-refractivity contribution in [2.24, 2.45) is 0 Å². The van der Waals surface area contributed by atoms with Crippen LogP contribution in [0.1, 0.15) is 17.4 Å². The highest BCUT2D eigenvalue weighted by molar-refractivity contribution is 6.35. The zero-order chi connectivity index (χ0) is 23.5. The summed E-state index contributed by atoms with van der Waals surface area (Å²) in [6.07, 6.45) is -4.82. The zero-order valence-corrected chi connectivity index (χ0v) is 18.0. The molecule has 0 fully saturated rings. The zero-order valence-electron chi connectivity index (χ0n) is 16.5. The van der Waals surface area contributed by atoms with Gasteiger partial charge in [0.2, 0.25) is 0 Å². The second kappa shape index (κ2) is 9.72. The first kappa shape index (κ1) is 23.8. The third kappa shape index (κ3) is 6.32. The summed E-state index contributed by atoms with van der Waals surface area (Å²) in [5.74, 6) is -0.835. The van der Waals surface area contributed by atoms with E-state index in [1.165, 1.54) is 24.3 Å². The molecular formula is C21H16Cl2F3N3O3. The van der Waals surface area contributed by atoms with E-state index in [0.717, 1.165) is 12.1 Å². The largest absolute Gasteiger partial charge is 0.573 e. The quantitative estimate of drug-likeness (QED) is 0.505. The van der Waals surface area contributed by atoms with Crippen molar-refractivity contribution in [2.45, 2.75) is 19.3 Å². The minimum Gasteiger partial charge on any atom is -0.406 e. The van der Waals surface area contributed by atoms with Gasteiger partial charge in [-0.25, -0.2) is 9.97 Å². The normalized spacial score (nSPS) is 12.3. The number of nitrogens with one attached hydrogen (secondary N) is 1. The number of amides is 1. The number of benzene rings is 2. The van der Waals surface area contributed by atoms with E-state index >= 15 is 0 Å². The average molecular weight is 486 g/mol. The Morgan fingerprint density at radius 1 is 1.06 bits per heavy atom. The third-order valence-corrected chi connectivity index (χ3v) is 4.55. The van der Waals surface area contributed by atoms with Gasteiger partial charge in [-0.3, -0.25) is 4.79 Å². The molecule has 11 heteroatoms. The number of carbonyl (C=O) groups is 1. The molecular weight excluding hydrogens is 470 g/mol. The number of carbonyl (C=O) groups excluding carboxylic acids is 1. The highest BCUT2D eigenvalue weighted by atomic mass is 35.5. The van der Waals surface area contributed by atoms with Gasteiger partial charge in [-0.15, -0.1) is 13.2 Å². The summed E-state index contributed by atoms with van der Waals surface area (Å²) in [4.78, 5) is 21.3. The summed E-state index contributed by atoms with van der Waals surface area (Å²) in [5, 5.41) is 12.4. The van der Waals surface area contributed by atoms with Crippen molar-refractivity contribution in [2.75, 3.05) is 6.61 Å². The van der Waals surface area contributed by atoms with E-state index in [1.807, 2.05) is 0 Å². The molecule has 0 aliphatic rings. The van der Waals surface area contributed by atoms with Crippen molar-refractivity contribution in [3.8, 4) is 28.4 Å². The molecule has 0 bridgehead atoms. The Balaban J connectivity index is 2.06. The van der Waals surface area contributed by atoms with Crippen LogP contribution in [0.25, 0.3) is 22.6 Å². The van der Waals surface area contributed by atoms with Crippen LogP contribution < -0.4 is 10.1 Å². The van der Waals surface area contributed by atoms with Gasteiger partial charge in [-0.05, 0) is 55.5 Å². The van der Waals surface area contributed by atoms with E-state index in [0.29, 0.717) is 21.2 Å². The summed E-state index contributed by atoms with van der Waals surface area (Å²) >= 11 is 12.1. The molecule has 0 spiro atoms. The number of nitrogens with zero attached hydrogens (tertiary/aromatic N) is 2. The maximum absolute atomic E-state index is 12.6. The van der Waals surface area contributed by atoms with Gasteiger partial charge >= 0.3 is 6.36 Å². The van der Waals surface area contributed by atoms with E-state index in [9.17, 15) is 23.1 Å². The van der Waals surface area contributed by atoms with Crippen LogP contribution >= 0.6 is 23.2 Å². The summed E-state index contributed by atoms with van der Waals surface area (Å²) in [6.45, 7) is 1.33. The molecule has 0 aliphatic carbocycles. The molecule has 0 saturated carbocycles. The van der Waals surface area contributed by atoms with Crippen molar-refractivity contribution in [1.82, 2.24) is 15.3 Å². The topological polar surface area (TPSA) is 84.3 Å². The van der Waals surface area contributed by atoms with Crippen LogP contribution in [0, 0.1) is 0 Å². The summed E-state index contributed by atoms with van der Waals surface area (Å²) in [5.41, 5.74) is 1.11. The molecule has 6 nitrogen and oxygen atoms in total. The third-order valence-electron chi connectivity index (χ3n) is 4.11. The highest BCUT2D eigenvalue weighted by Gasteiger charge is 2.31. The standard InChI is InChI=1S/C21H16Cl2F3N3O3/c1-11(10-30)27-20(31)18-9-17(12-2-4-16(5-3-12)32-21(24,25)26)28-19(29-18)13-6-14(22)8-15(23)7-13/h2-9,11,30H,10H2,1H3,(H,27,31)/t11-/m0/s1. The average Bonchev–Trinajstić information content (AvgIpc) is 2.72. The van der Waals surface area contributed by atoms with Crippen LogP contribution in [0.15, 0.2) is 48.5 Å². The molecule has 0 unspecified atom stereocenters.